The van der Waals surface area contributed by atoms with Gasteiger partial charge in [0.15, 0.2) is 0 Å². The molecule has 24 heavy (non-hydrogen) atoms. The fraction of sp³-hybridized carbons (Fsp3) is 0.421. The molecule has 2 rings (SSSR count). The van der Waals surface area contributed by atoms with Gasteiger partial charge in [-0.25, -0.2) is 4.98 Å². The van der Waals surface area contributed by atoms with E-state index >= 15 is 0 Å². The van der Waals surface area contributed by atoms with E-state index in [-0.39, 0.29) is 5.91 Å². The number of benzene rings is 1. The molecule has 128 valence electrons. The smallest absolute Gasteiger partial charge is 0.275 e. The van der Waals surface area contributed by atoms with Crippen LogP contribution in [-0.2, 0) is 0 Å². The van der Waals surface area contributed by atoms with E-state index < -0.39 is 0 Å². The Morgan fingerprint density at radius 2 is 1.75 bits per heavy atom. The van der Waals surface area contributed by atoms with Crippen molar-refractivity contribution in [2.24, 2.45) is 0 Å². The van der Waals surface area contributed by atoms with E-state index in [0.29, 0.717) is 11.5 Å². The van der Waals surface area contributed by atoms with Crippen molar-refractivity contribution in [2.75, 3.05) is 17.2 Å². The van der Waals surface area contributed by atoms with Crippen molar-refractivity contribution in [3.8, 4) is 0 Å². The number of nitrogens with one attached hydrogen (secondary N) is 2. The summed E-state index contributed by atoms with van der Waals surface area (Å²) in [5, 5.41) is 6.05. The second-order valence-electron chi connectivity index (χ2n) is 5.80. The van der Waals surface area contributed by atoms with Gasteiger partial charge in [-0.15, -0.1) is 0 Å². The standard InChI is InChI=1S/C19H26N4O/c1-2-3-4-5-6-10-13-21-18-15-20-14-17(23-18)19(24)22-16-11-8-7-9-12-16/h7-9,11-12,14-15H,2-6,10,13H2,1H3,(H,21,23)(H,22,24). The van der Waals surface area contributed by atoms with Crippen molar-refractivity contribution in [2.45, 2.75) is 45.4 Å². The molecule has 0 aliphatic rings. The van der Waals surface area contributed by atoms with Gasteiger partial charge in [-0.2, -0.15) is 0 Å². The van der Waals surface area contributed by atoms with Crippen molar-refractivity contribution in [3.63, 3.8) is 0 Å². The first-order valence-electron chi connectivity index (χ1n) is 8.72. The van der Waals surface area contributed by atoms with Gasteiger partial charge in [-0.1, -0.05) is 57.2 Å². The molecule has 0 fully saturated rings. The van der Waals surface area contributed by atoms with E-state index in [2.05, 4.69) is 27.5 Å². The molecular weight excluding hydrogens is 300 g/mol. The van der Waals surface area contributed by atoms with E-state index in [1.54, 1.807) is 6.20 Å². The van der Waals surface area contributed by atoms with Gasteiger partial charge < -0.3 is 10.6 Å². The lowest BCUT2D eigenvalue weighted by atomic mass is 10.1. The number of hydrogen-bond acceptors (Lipinski definition) is 4. The van der Waals surface area contributed by atoms with Crippen LogP contribution in [0, 0.1) is 0 Å². The first-order valence-corrected chi connectivity index (χ1v) is 8.72. The normalized spacial score (nSPS) is 10.4. The number of aromatic nitrogens is 2. The highest BCUT2D eigenvalue weighted by Crippen LogP contribution is 2.09. The molecule has 0 aliphatic heterocycles. The molecule has 5 nitrogen and oxygen atoms in total. The molecule has 0 spiro atoms. The molecule has 0 saturated carbocycles. The molecule has 1 heterocycles. The number of carbonyl (C=O) groups excluding carboxylic acids is 1. The highest BCUT2D eigenvalue weighted by Gasteiger charge is 2.09. The second-order valence-corrected chi connectivity index (χ2v) is 5.80. The predicted octanol–water partition coefficient (Wildman–Crippen LogP) is 4.50. The maximum atomic E-state index is 12.2. The Bertz CT molecular complexity index is 616. The maximum Gasteiger partial charge on any atom is 0.275 e. The Balaban J connectivity index is 1.77. The Morgan fingerprint density at radius 3 is 2.54 bits per heavy atom. The number of para-hydroxylation sites is 1. The van der Waals surface area contributed by atoms with Crippen molar-refractivity contribution >= 4 is 17.4 Å². The SMILES string of the molecule is CCCCCCCCNc1cncc(C(=O)Nc2ccccc2)n1. The number of nitrogens with zero attached hydrogens (tertiary/aromatic N) is 2. The molecule has 0 atom stereocenters. The van der Waals surface area contributed by atoms with Crippen molar-refractivity contribution in [3.05, 3.63) is 48.4 Å². The van der Waals surface area contributed by atoms with Gasteiger partial charge in [0.05, 0.1) is 12.4 Å². The minimum Gasteiger partial charge on any atom is -0.369 e. The van der Waals surface area contributed by atoms with E-state index in [4.69, 9.17) is 0 Å². The van der Waals surface area contributed by atoms with Crippen LogP contribution < -0.4 is 10.6 Å². The molecular formula is C19H26N4O. The molecule has 1 amide bonds. The molecule has 0 radical (unpaired) electrons. The number of unbranched alkanes of at least 4 members (excludes halogenated alkanes) is 5. The third-order valence-electron chi connectivity index (χ3n) is 3.74. The Hall–Kier alpha value is -2.43. The zero-order valence-corrected chi connectivity index (χ0v) is 14.3. The van der Waals surface area contributed by atoms with Crippen LogP contribution >= 0.6 is 0 Å². The van der Waals surface area contributed by atoms with Crippen LogP contribution in [0.25, 0.3) is 0 Å². The molecule has 2 aromatic rings. The summed E-state index contributed by atoms with van der Waals surface area (Å²) in [6, 6.07) is 9.33. The number of amides is 1. The van der Waals surface area contributed by atoms with E-state index in [1.165, 1.54) is 38.3 Å². The Morgan fingerprint density at radius 1 is 1.00 bits per heavy atom. The molecule has 2 N–H and O–H groups in total. The van der Waals surface area contributed by atoms with Crippen LogP contribution in [-0.4, -0.2) is 22.4 Å². The summed E-state index contributed by atoms with van der Waals surface area (Å²) in [6.07, 6.45) is 10.6. The predicted molar refractivity (Wildman–Crippen MR) is 98.3 cm³/mol. The first kappa shape index (κ1) is 17.9. The average molecular weight is 326 g/mol. The fourth-order valence-corrected chi connectivity index (χ4v) is 2.40. The number of rotatable bonds is 10. The Labute approximate surface area is 143 Å². The minimum atomic E-state index is -0.253. The summed E-state index contributed by atoms with van der Waals surface area (Å²) >= 11 is 0. The van der Waals surface area contributed by atoms with Gasteiger partial charge in [0, 0.05) is 12.2 Å². The molecule has 1 aromatic carbocycles. The van der Waals surface area contributed by atoms with Crippen molar-refractivity contribution in [1.29, 1.82) is 0 Å². The number of anilines is 2. The zero-order valence-electron chi connectivity index (χ0n) is 14.3. The van der Waals surface area contributed by atoms with Gasteiger partial charge in [-0.05, 0) is 18.6 Å². The van der Waals surface area contributed by atoms with Gasteiger partial charge in [0.2, 0.25) is 0 Å². The lowest BCUT2D eigenvalue weighted by Gasteiger charge is -2.08. The second kappa shape index (κ2) is 10.4. The molecule has 0 aliphatic carbocycles. The summed E-state index contributed by atoms with van der Waals surface area (Å²) in [6.45, 7) is 3.08. The summed E-state index contributed by atoms with van der Waals surface area (Å²) in [4.78, 5) is 20.6. The van der Waals surface area contributed by atoms with Crippen LogP contribution in [0.5, 0.6) is 0 Å². The highest BCUT2D eigenvalue weighted by molar-refractivity contribution is 6.02. The highest BCUT2D eigenvalue weighted by atomic mass is 16.1. The van der Waals surface area contributed by atoms with Crippen LogP contribution in [0.1, 0.15) is 55.9 Å². The quantitative estimate of drug-likeness (QED) is 0.631. The molecule has 5 heteroatoms. The van der Waals surface area contributed by atoms with Gasteiger partial charge in [0.25, 0.3) is 5.91 Å². The average Bonchev–Trinajstić information content (AvgIpc) is 2.62. The van der Waals surface area contributed by atoms with Gasteiger partial charge in [-0.3, -0.25) is 9.78 Å². The Kier molecular flexibility index (Phi) is 7.74. The van der Waals surface area contributed by atoms with Crippen LogP contribution in [0.4, 0.5) is 11.5 Å². The summed E-state index contributed by atoms with van der Waals surface area (Å²) in [5.74, 6) is 0.390. The maximum absolute atomic E-state index is 12.2. The lowest BCUT2D eigenvalue weighted by Crippen LogP contribution is -2.15. The van der Waals surface area contributed by atoms with E-state index in [9.17, 15) is 4.79 Å². The number of hydrogen-bond donors (Lipinski definition) is 2. The largest absolute Gasteiger partial charge is 0.369 e. The van der Waals surface area contributed by atoms with Crippen LogP contribution in [0.15, 0.2) is 42.7 Å². The fourth-order valence-electron chi connectivity index (χ4n) is 2.40. The van der Waals surface area contributed by atoms with Gasteiger partial charge in [0.1, 0.15) is 11.5 Å². The summed E-state index contributed by atoms with van der Waals surface area (Å²) in [5.41, 5.74) is 1.06. The monoisotopic (exact) mass is 326 g/mol. The first-order chi connectivity index (χ1) is 11.8. The zero-order chi connectivity index (χ0) is 17.0. The third-order valence-corrected chi connectivity index (χ3v) is 3.74. The number of carbonyl (C=O) groups is 1. The van der Waals surface area contributed by atoms with Crippen molar-refractivity contribution in [1.82, 2.24) is 9.97 Å². The minimum absolute atomic E-state index is 0.253. The van der Waals surface area contributed by atoms with E-state index in [1.807, 2.05) is 30.3 Å². The molecule has 1 aromatic heterocycles. The van der Waals surface area contributed by atoms with Crippen molar-refractivity contribution < 1.29 is 4.79 Å². The van der Waals surface area contributed by atoms with E-state index in [0.717, 1.165) is 18.7 Å². The van der Waals surface area contributed by atoms with Gasteiger partial charge >= 0.3 is 0 Å². The lowest BCUT2D eigenvalue weighted by molar-refractivity contribution is 0.102. The molecule has 0 unspecified atom stereocenters. The van der Waals surface area contributed by atoms with Crippen LogP contribution in [0.2, 0.25) is 0 Å². The molecule has 0 saturated heterocycles. The molecule has 0 bridgehead atoms. The van der Waals surface area contributed by atoms with Crippen LogP contribution in [0.3, 0.4) is 0 Å². The summed E-state index contributed by atoms with van der Waals surface area (Å²) < 4.78 is 0. The summed E-state index contributed by atoms with van der Waals surface area (Å²) in [7, 11) is 0. The topological polar surface area (TPSA) is 66.9 Å². The third kappa shape index (κ3) is 6.36.